The summed E-state index contributed by atoms with van der Waals surface area (Å²) >= 11 is 0. The molecule has 4 N–H and O–H groups in total. The van der Waals surface area contributed by atoms with Gasteiger partial charge in [0, 0.05) is 11.8 Å². The van der Waals surface area contributed by atoms with Crippen LogP contribution < -0.4 is 10.0 Å². The molecular formula is C28H41N2O8PS. The number of carboxylic acids is 1. The normalized spacial score (nSPS) is 15.2. The van der Waals surface area contributed by atoms with Crippen molar-refractivity contribution >= 4 is 35.1 Å². The first-order valence-electron chi connectivity index (χ1n) is 13.1. The van der Waals surface area contributed by atoms with Gasteiger partial charge in [0.25, 0.3) is 0 Å². The second kappa shape index (κ2) is 13.8. The smallest absolute Gasteiger partial charge is 0.412 e. The van der Waals surface area contributed by atoms with Gasteiger partial charge < -0.3 is 14.7 Å². The minimum absolute atomic E-state index is 0.226. The van der Waals surface area contributed by atoms with Crippen LogP contribution in [0.2, 0.25) is 0 Å². The lowest BCUT2D eigenvalue weighted by Gasteiger charge is -2.29. The molecule has 0 aliphatic heterocycles. The molecule has 12 heteroatoms. The molecule has 10 nitrogen and oxygen atoms in total. The van der Waals surface area contributed by atoms with Crippen molar-refractivity contribution in [1.29, 1.82) is 0 Å². The number of ether oxygens (including phenoxy) is 1. The van der Waals surface area contributed by atoms with E-state index < -0.39 is 58.8 Å². The molecule has 2 aromatic carbocycles. The minimum atomic E-state index is -4.39. The number of aryl methyl sites for hydroxylation is 1. The highest BCUT2D eigenvalue weighted by Gasteiger charge is 2.41. The number of rotatable bonds is 13. The van der Waals surface area contributed by atoms with Gasteiger partial charge in [-0.2, -0.15) is 0 Å². The van der Waals surface area contributed by atoms with Crippen molar-refractivity contribution in [2.45, 2.75) is 71.7 Å². The number of hydrogen-bond donors (Lipinski definition) is 4. The third-order valence-electron chi connectivity index (χ3n) is 6.22. The number of aliphatic carboxylic acids is 1. The zero-order valence-corrected chi connectivity index (χ0v) is 25.6. The maximum Gasteiger partial charge on any atom is 0.412 e. The lowest BCUT2D eigenvalue weighted by Crippen LogP contribution is -2.41. The molecule has 0 aliphatic rings. The first-order valence-corrected chi connectivity index (χ1v) is 16.7. The third-order valence-corrected chi connectivity index (χ3v) is 10.3. The monoisotopic (exact) mass is 596 g/mol. The summed E-state index contributed by atoms with van der Waals surface area (Å²) in [6.07, 6.45) is -0.587. The Bertz CT molecular complexity index is 1320. The molecule has 2 aromatic rings. The van der Waals surface area contributed by atoms with Crippen molar-refractivity contribution < 1.29 is 37.3 Å². The SMILES string of the molecule is Cc1c(NC(=O)OC(C)(C)C)cccc1C(CP(=O)(O)C(NS(=O)(=O)CCCc1ccccc1)C(C)C)C(=O)O. The third kappa shape index (κ3) is 10.4. The fraction of sp³-hybridized carbons (Fsp3) is 0.500. The highest BCUT2D eigenvalue weighted by molar-refractivity contribution is 7.89. The summed E-state index contributed by atoms with van der Waals surface area (Å²) in [5, 5.41) is 12.6. The van der Waals surface area contributed by atoms with Crippen molar-refractivity contribution in [1.82, 2.24) is 4.72 Å². The maximum atomic E-state index is 13.6. The molecule has 0 aliphatic carbocycles. The van der Waals surface area contributed by atoms with Crippen LogP contribution in [0.25, 0.3) is 0 Å². The Kier molecular flexibility index (Phi) is 11.5. The Hall–Kier alpha value is -2.72. The highest BCUT2D eigenvalue weighted by Crippen LogP contribution is 2.52. The van der Waals surface area contributed by atoms with Crippen molar-refractivity contribution in [3.05, 3.63) is 65.2 Å². The summed E-state index contributed by atoms with van der Waals surface area (Å²) in [5.41, 5.74) is 1.15. The molecule has 1 amide bonds. The molecule has 0 radical (unpaired) electrons. The molecule has 222 valence electrons. The van der Waals surface area contributed by atoms with E-state index in [1.165, 1.54) is 12.1 Å². The Morgan fingerprint density at radius 1 is 1.05 bits per heavy atom. The fourth-order valence-electron chi connectivity index (χ4n) is 4.30. The first kappa shape index (κ1) is 33.5. The van der Waals surface area contributed by atoms with Crippen LogP contribution in [-0.2, 0) is 30.5 Å². The van der Waals surface area contributed by atoms with Crippen LogP contribution in [0.15, 0.2) is 48.5 Å². The molecule has 0 bridgehead atoms. The number of benzene rings is 2. The Labute approximate surface area is 237 Å². The van der Waals surface area contributed by atoms with Gasteiger partial charge in [-0.1, -0.05) is 56.3 Å². The molecule has 40 heavy (non-hydrogen) atoms. The van der Waals surface area contributed by atoms with Gasteiger partial charge in [-0.05, 0) is 69.2 Å². The second-order valence-electron chi connectivity index (χ2n) is 11.2. The quantitative estimate of drug-likeness (QED) is 0.226. The van der Waals surface area contributed by atoms with E-state index in [2.05, 4.69) is 10.0 Å². The lowest BCUT2D eigenvalue weighted by atomic mass is 9.95. The minimum Gasteiger partial charge on any atom is -0.481 e. The van der Waals surface area contributed by atoms with Gasteiger partial charge in [-0.3, -0.25) is 14.7 Å². The molecule has 0 saturated carbocycles. The highest BCUT2D eigenvalue weighted by atomic mass is 32.2. The summed E-state index contributed by atoms with van der Waals surface area (Å²) in [6.45, 7) is 9.92. The summed E-state index contributed by atoms with van der Waals surface area (Å²) in [4.78, 5) is 35.7. The Morgan fingerprint density at radius 3 is 2.23 bits per heavy atom. The zero-order chi connectivity index (χ0) is 30.3. The van der Waals surface area contributed by atoms with Gasteiger partial charge in [-0.15, -0.1) is 0 Å². The predicted molar refractivity (Wildman–Crippen MR) is 156 cm³/mol. The average molecular weight is 597 g/mol. The van der Waals surface area contributed by atoms with Gasteiger partial charge in [0.05, 0.1) is 11.7 Å². The number of amides is 1. The molecule has 0 aromatic heterocycles. The summed E-state index contributed by atoms with van der Waals surface area (Å²) in [7, 11) is -8.33. The Balaban J connectivity index is 2.24. The predicted octanol–water partition coefficient (Wildman–Crippen LogP) is 5.31. The van der Waals surface area contributed by atoms with Crippen LogP contribution in [0.4, 0.5) is 10.5 Å². The maximum absolute atomic E-state index is 13.6. The van der Waals surface area contributed by atoms with Crippen molar-refractivity contribution in [2.24, 2.45) is 5.92 Å². The van der Waals surface area contributed by atoms with Gasteiger partial charge in [-0.25, -0.2) is 17.9 Å². The molecule has 3 atom stereocenters. The van der Waals surface area contributed by atoms with Gasteiger partial charge >= 0.3 is 12.1 Å². The van der Waals surface area contributed by atoms with E-state index in [0.29, 0.717) is 24.1 Å². The number of hydrogen-bond acceptors (Lipinski definition) is 6. The van der Waals surface area contributed by atoms with Crippen LogP contribution in [0.5, 0.6) is 0 Å². The molecule has 0 saturated heterocycles. The van der Waals surface area contributed by atoms with E-state index >= 15 is 0 Å². The Morgan fingerprint density at radius 2 is 1.68 bits per heavy atom. The fourth-order valence-corrected chi connectivity index (χ4v) is 8.76. The molecule has 0 spiro atoms. The van der Waals surface area contributed by atoms with Crippen LogP contribution in [0.1, 0.15) is 63.6 Å². The van der Waals surface area contributed by atoms with E-state index in [-0.39, 0.29) is 11.3 Å². The van der Waals surface area contributed by atoms with Crippen LogP contribution in [-0.4, -0.2) is 53.8 Å². The average Bonchev–Trinajstić information content (AvgIpc) is 2.82. The standard InChI is InChI=1S/C28H41N2O8PS/c1-19(2)25(30-40(36,37)17-11-14-21-12-8-7-9-13-21)39(34,35)18-23(26(31)32)22-15-10-16-24(20(22)3)29-27(33)38-28(4,5)6/h7-10,12-13,15-16,19,23,25,30H,11,14,17-18H2,1-6H3,(H,29,33)(H,31,32)(H,34,35). The van der Waals surface area contributed by atoms with E-state index in [1.54, 1.807) is 47.6 Å². The van der Waals surface area contributed by atoms with Gasteiger partial charge in [0.15, 0.2) is 0 Å². The zero-order valence-electron chi connectivity index (χ0n) is 23.9. The number of carboxylic acid groups (broad SMARTS) is 1. The first-order chi connectivity index (χ1) is 18.4. The number of anilines is 1. The number of sulfonamides is 1. The van der Waals surface area contributed by atoms with Crippen molar-refractivity contribution in [2.75, 3.05) is 17.2 Å². The van der Waals surface area contributed by atoms with E-state index in [4.69, 9.17) is 4.74 Å². The van der Waals surface area contributed by atoms with Crippen LogP contribution in [0.3, 0.4) is 0 Å². The van der Waals surface area contributed by atoms with Crippen molar-refractivity contribution in [3.8, 4) is 0 Å². The molecule has 2 rings (SSSR count). The van der Waals surface area contributed by atoms with E-state index in [9.17, 15) is 32.6 Å². The van der Waals surface area contributed by atoms with Gasteiger partial charge in [0.1, 0.15) is 11.4 Å². The summed E-state index contributed by atoms with van der Waals surface area (Å²) < 4.78 is 47.0. The largest absolute Gasteiger partial charge is 0.481 e. The van der Waals surface area contributed by atoms with E-state index in [0.717, 1.165) is 5.56 Å². The van der Waals surface area contributed by atoms with Crippen LogP contribution in [0, 0.1) is 12.8 Å². The molecule has 0 fully saturated rings. The molecule has 3 unspecified atom stereocenters. The number of carbonyl (C=O) groups is 2. The summed E-state index contributed by atoms with van der Waals surface area (Å²) in [6, 6.07) is 14.0. The topological polar surface area (TPSA) is 159 Å². The lowest BCUT2D eigenvalue weighted by molar-refractivity contribution is -0.138. The molecular weight excluding hydrogens is 555 g/mol. The number of carbonyl (C=O) groups excluding carboxylic acids is 1. The van der Waals surface area contributed by atoms with Crippen LogP contribution >= 0.6 is 7.37 Å². The van der Waals surface area contributed by atoms with E-state index in [1.807, 2.05) is 30.3 Å². The number of nitrogens with one attached hydrogen (secondary N) is 2. The van der Waals surface area contributed by atoms with Crippen molar-refractivity contribution in [3.63, 3.8) is 0 Å². The summed E-state index contributed by atoms with van der Waals surface area (Å²) in [5.74, 6) is -4.99. The van der Waals surface area contributed by atoms with Gasteiger partial charge in [0.2, 0.25) is 17.4 Å². The molecule has 0 heterocycles. The second-order valence-corrected chi connectivity index (χ2v) is 15.5.